The molecule has 0 fully saturated rings. The average Bonchev–Trinajstić information content (AvgIpc) is 2.42. The molecule has 1 aromatic rings. The summed E-state index contributed by atoms with van der Waals surface area (Å²) < 4.78 is 5.35. The number of ether oxygens (including phenoxy) is 1. The Kier molecular flexibility index (Phi) is 4.97. The maximum absolute atomic E-state index is 12.0. The lowest BCUT2D eigenvalue weighted by molar-refractivity contribution is -0.146. The Morgan fingerprint density at radius 2 is 2.11 bits per heavy atom. The zero-order valence-electron chi connectivity index (χ0n) is 11.8. The quantitative estimate of drug-likeness (QED) is 0.654. The third-order valence-electron chi connectivity index (χ3n) is 3.54. The highest BCUT2D eigenvalue weighted by atomic mass is 16.5. The smallest absolute Gasteiger partial charge is 0.323 e. The Hall–Kier alpha value is -1.35. The van der Waals surface area contributed by atoms with Gasteiger partial charge < -0.3 is 10.1 Å². The lowest BCUT2D eigenvalue weighted by Gasteiger charge is -2.24. The third-order valence-corrected chi connectivity index (χ3v) is 3.54. The van der Waals surface area contributed by atoms with E-state index in [1.54, 1.807) is 0 Å². The standard InChI is InChI=1S/C16H23NO2/c1-12(2)6-5-9-19-16(18)15-10-13-7-3-4-8-14(13)11-17-15/h3-4,7-8,12,15,17H,5-6,9-11H2,1-2H3/t15-/m1/s1. The molecule has 1 aromatic carbocycles. The van der Waals surface area contributed by atoms with Gasteiger partial charge in [0.25, 0.3) is 0 Å². The summed E-state index contributed by atoms with van der Waals surface area (Å²) in [5, 5.41) is 3.25. The molecule has 3 nitrogen and oxygen atoms in total. The Morgan fingerprint density at radius 1 is 1.37 bits per heavy atom. The van der Waals surface area contributed by atoms with Crippen LogP contribution in [0, 0.1) is 5.92 Å². The van der Waals surface area contributed by atoms with Crippen molar-refractivity contribution in [2.24, 2.45) is 5.92 Å². The molecule has 0 saturated heterocycles. The molecule has 0 amide bonds. The first-order valence-electron chi connectivity index (χ1n) is 7.13. The lowest BCUT2D eigenvalue weighted by atomic mass is 9.96. The van der Waals surface area contributed by atoms with Gasteiger partial charge >= 0.3 is 5.97 Å². The van der Waals surface area contributed by atoms with E-state index in [2.05, 4.69) is 31.3 Å². The third kappa shape index (κ3) is 4.06. The van der Waals surface area contributed by atoms with Gasteiger partial charge in [0.05, 0.1) is 6.61 Å². The molecule has 3 heteroatoms. The minimum Gasteiger partial charge on any atom is -0.465 e. The highest BCUT2D eigenvalue weighted by Gasteiger charge is 2.24. The first-order chi connectivity index (χ1) is 9.16. The van der Waals surface area contributed by atoms with E-state index in [0.29, 0.717) is 12.5 Å². The molecule has 1 N–H and O–H groups in total. The fraction of sp³-hybridized carbons (Fsp3) is 0.562. The van der Waals surface area contributed by atoms with Gasteiger partial charge in [-0.05, 0) is 36.3 Å². The van der Waals surface area contributed by atoms with Gasteiger partial charge in [-0.1, -0.05) is 38.1 Å². The van der Waals surface area contributed by atoms with Crippen LogP contribution in [0.3, 0.4) is 0 Å². The SMILES string of the molecule is CC(C)CCCOC(=O)[C@H]1Cc2ccccc2CN1. The van der Waals surface area contributed by atoms with Crippen LogP contribution in [0.5, 0.6) is 0 Å². The summed E-state index contributed by atoms with van der Waals surface area (Å²) in [6, 6.07) is 8.07. The Bertz CT molecular complexity index is 429. The topological polar surface area (TPSA) is 38.3 Å². The van der Waals surface area contributed by atoms with Crippen molar-refractivity contribution in [2.45, 2.75) is 45.7 Å². The van der Waals surface area contributed by atoms with Crippen LogP contribution in [0.4, 0.5) is 0 Å². The number of hydrogen-bond donors (Lipinski definition) is 1. The molecule has 2 rings (SSSR count). The van der Waals surface area contributed by atoms with Gasteiger partial charge in [-0.15, -0.1) is 0 Å². The molecule has 1 heterocycles. The van der Waals surface area contributed by atoms with Crippen LogP contribution in [0.1, 0.15) is 37.8 Å². The van der Waals surface area contributed by atoms with Crippen molar-refractivity contribution in [1.29, 1.82) is 0 Å². The first-order valence-corrected chi connectivity index (χ1v) is 7.13. The number of carbonyl (C=O) groups excluding carboxylic acids is 1. The molecule has 0 aliphatic carbocycles. The van der Waals surface area contributed by atoms with Crippen LogP contribution in [-0.4, -0.2) is 18.6 Å². The molecule has 1 aliphatic heterocycles. The van der Waals surface area contributed by atoms with Crippen molar-refractivity contribution >= 4 is 5.97 Å². The minimum atomic E-state index is -0.186. The summed E-state index contributed by atoms with van der Waals surface area (Å²) in [6.07, 6.45) is 2.79. The minimum absolute atomic E-state index is 0.113. The van der Waals surface area contributed by atoms with Gasteiger partial charge in [0.15, 0.2) is 0 Å². The Balaban J connectivity index is 1.79. The molecule has 19 heavy (non-hydrogen) atoms. The van der Waals surface area contributed by atoms with Crippen LogP contribution in [0.25, 0.3) is 0 Å². The monoisotopic (exact) mass is 261 g/mol. The second kappa shape index (κ2) is 6.71. The summed E-state index contributed by atoms with van der Waals surface area (Å²) in [7, 11) is 0. The molecule has 0 saturated carbocycles. The summed E-state index contributed by atoms with van der Waals surface area (Å²) in [5.74, 6) is 0.552. The normalized spacial score (nSPS) is 18.2. The van der Waals surface area contributed by atoms with Crippen LogP contribution in [-0.2, 0) is 22.5 Å². The van der Waals surface area contributed by atoms with E-state index in [1.165, 1.54) is 11.1 Å². The van der Waals surface area contributed by atoms with Crippen LogP contribution < -0.4 is 5.32 Å². The molecular weight excluding hydrogens is 238 g/mol. The molecule has 104 valence electrons. The van der Waals surface area contributed by atoms with E-state index >= 15 is 0 Å². The zero-order valence-corrected chi connectivity index (χ0v) is 11.8. The fourth-order valence-corrected chi connectivity index (χ4v) is 2.39. The number of benzene rings is 1. The maximum atomic E-state index is 12.0. The molecule has 0 radical (unpaired) electrons. The second-order valence-electron chi connectivity index (χ2n) is 5.61. The lowest BCUT2D eigenvalue weighted by Crippen LogP contribution is -2.42. The van der Waals surface area contributed by atoms with Crippen molar-refractivity contribution in [3.63, 3.8) is 0 Å². The van der Waals surface area contributed by atoms with Crippen LogP contribution in [0.2, 0.25) is 0 Å². The van der Waals surface area contributed by atoms with Gasteiger partial charge in [-0.3, -0.25) is 4.79 Å². The van der Waals surface area contributed by atoms with Gasteiger partial charge in [0.1, 0.15) is 6.04 Å². The number of rotatable bonds is 5. The maximum Gasteiger partial charge on any atom is 0.323 e. The number of nitrogens with one attached hydrogen (secondary N) is 1. The Morgan fingerprint density at radius 3 is 2.84 bits per heavy atom. The van der Waals surface area contributed by atoms with Crippen molar-refractivity contribution in [3.05, 3.63) is 35.4 Å². The van der Waals surface area contributed by atoms with Crippen LogP contribution in [0.15, 0.2) is 24.3 Å². The van der Waals surface area contributed by atoms with Crippen molar-refractivity contribution in [3.8, 4) is 0 Å². The predicted molar refractivity (Wildman–Crippen MR) is 75.8 cm³/mol. The molecular formula is C16H23NO2. The number of carbonyl (C=O) groups is 1. The highest BCUT2D eigenvalue weighted by Crippen LogP contribution is 2.17. The molecule has 0 spiro atoms. The highest BCUT2D eigenvalue weighted by molar-refractivity contribution is 5.76. The molecule has 1 atom stereocenters. The molecule has 1 aliphatic rings. The zero-order chi connectivity index (χ0) is 13.7. The Labute approximate surface area is 115 Å². The first kappa shape index (κ1) is 14.1. The second-order valence-corrected chi connectivity index (χ2v) is 5.61. The van der Waals surface area contributed by atoms with Crippen LogP contribution >= 0.6 is 0 Å². The van der Waals surface area contributed by atoms with Gasteiger partial charge in [-0.2, -0.15) is 0 Å². The molecule has 0 unspecified atom stereocenters. The van der Waals surface area contributed by atoms with E-state index in [1.807, 2.05) is 12.1 Å². The number of fused-ring (bicyclic) bond motifs is 1. The van der Waals surface area contributed by atoms with E-state index in [4.69, 9.17) is 4.74 Å². The summed E-state index contributed by atoms with van der Waals surface area (Å²) in [4.78, 5) is 12.0. The van der Waals surface area contributed by atoms with Gasteiger partial charge in [-0.25, -0.2) is 0 Å². The summed E-state index contributed by atoms with van der Waals surface area (Å²) in [6.45, 7) is 5.65. The predicted octanol–water partition coefficient (Wildman–Crippen LogP) is 2.68. The largest absolute Gasteiger partial charge is 0.465 e. The van der Waals surface area contributed by atoms with Gasteiger partial charge in [0.2, 0.25) is 0 Å². The van der Waals surface area contributed by atoms with E-state index in [-0.39, 0.29) is 12.0 Å². The van der Waals surface area contributed by atoms with Gasteiger partial charge in [0, 0.05) is 6.54 Å². The van der Waals surface area contributed by atoms with E-state index in [9.17, 15) is 4.79 Å². The molecule has 0 bridgehead atoms. The van der Waals surface area contributed by atoms with Crippen molar-refractivity contribution in [1.82, 2.24) is 5.32 Å². The fourth-order valence-electron chi connectivity index (χ4n) is 2.39. The van der Waals surface area contributed by atoms with Crippen molar-refractivity contribution < 1.29 is 9.53 Å². The summed E-state index contributed by atoms with van der Waals surface area (Å²) >= 11 is 0. The number of esters is 1. The number of hydrogen-bond acceptors (Lipinski definition) is 3. The van der Waals surface area contributed by atoms with E-state index < -0.39 is 0 Å². The van der Waals surface area contributed by atoms with Crippen molar-refractivity contribution in [2.75, 3.05) is 6.61 Å². The van der Waals surface area contributed by atoms with E-state index in [0.717, 1.165) is 25.8 Å². The average molecular weight is 261 g/mol. The summed E-state index contributed by atoms with van der Waals surface area (Å²) in [5.41, 5.74) is 2.54. The molecule has 0 aromatic heterocycles.